The van der Waals surface area contributed by atoms with E-state index in [1.165, 1.54) is 19.5 Å². The average molecular weight is 480 g/mol. The van der Waals surface area contributed by atoms with E-state index in [-0.39, 0.29) is 29.5 Å². The normalized spacial score (nSPS) is 11.8. The van der Waals surface area contributed by atoms with Crippen LogP contribution in [0.3, 0.4) is 0 Å². The highest BCUT2D eigenvalue weighted by atomic mass is 32.2. The maximum atomic E-state index is 12.4. The van der Waals surface area contributed by atoms with E-state index in [2.05, 4.69) is 15.3 Å². The van der Waals surface area contributed by atoms with Gasteiger partial charge in [0.05, 0.1) is 22.5 Å². The van der Waals surface area contributed by atoms with E-state index >= 15 is 0 Å². The van der Waals surface area contributed by atoms with Crippen LogP contribution in [0.2, 0.25) is 0 Å². The molecule has 1 amide bonds. The van der Waals surface area contributed by atoms with Gasteiger partial charge in [-0.1, -0.05) is 0 Å². The molecule has 1 N–H and O–H groups in total. The number of aryl methyl sites for hydroxylation is 2. The molecule has 0 saturated heterocycles. The van der Waals surface area contributed by atoms with Crippen LogP contribution in [-0.2, 0) is 32.5 Å². The number of amides is 1. The number of ether oxygens (including phenoxy) is 1. The molecule has 0 radical (unpaired) electrons. The molecule has 0 aliphatic carbocycles. The predicted octanol–water partition coefficient (Wildman–Crippen LogP) is 2.51. The number of thiazole rings is 1. The van der Waals surface area contributed by atoms with Crippen molar-refractivity contribution in [3.05, 3.63) is 35.1 Å². The minimum atomic E-state index is -3.57. The lowest BCUT2D eigenvalue weighted by atomic mass is 10.3. The molecule has 0 bridgehead atoms. The number of fused-ring (bicyclic) bond motifs is 1. The molecule has 0 spiro atoms. The number of esters is 1. The number of anilines is 1. The fraction of sp³-hybridized carbons (Fsp3) is 0.400. The number of nitrogens with zero attached hydrogens (tertiary/aromatic N) is 4. The van der Waals surface area contributed by atoms with E-state index in [9.17, 15) is 18.0 Å². The number of carbonyl (C=O) groups excluding carboxylic acids is 2. The molecular weight excluding hydrogens is 454 g/mol. The Morgan fingerprint density at radius 2 is 1.97 bits per heavy atom. The minimum Gasteiger partial charge on any atom is -0.461 e. The van der Waals surface area contributed by atoms with Crippen molar-refractivity contribution in [1.82, 2.24) is 18.8 Å². The molecule has 0 atom stereocenters. The molecule has 1 aromatic carbocycles. The van der Waals surface area contributed by atoms with Gasteiger partial charge in [-0.25, -0.2) is 27.5 Å². The van der Waals surface area contributed by atoms with Gasteiger partial charge in [-0.3, -0.25) is 4.79 Å². The van der Waals surface area contributed by atoms with Crippen LogP contribution in [0.5, 0.6) is 0 Å². The lowest BCUT2D eigenvalue weighted by Gasteiger charge is -2.11. The zero-order valence-electron chi connectivity index (χ0n) is 18.3. The summed E-state index contributed by atoms with van der Waals surface area (Å²) in [6.07, 6.45) is 0.515. The molecule has 3 rings (SSSR count). The summed E-state index contributed by atoms with van der Waals surface area (Å²) in [7, 11) is -0.609. The molecule has 0 saturated carbocycles. The third kappa shape index (κ3) is 4.97. The van der Waals surface area contributed by atoms with Crippen LogP contribution in [-0.4, -0.2) is 59.8 Å². The van der Waals surface area contributed by atoms with Crippen LogP contribution in [0.4, 0.5) is 5.13 Å². The number of hydrogen-bond donors (Lipinski definition) is 1. The van der Waals surface area contributed by atoms with Crippen molar-refractivity contribution in [1.29, 1.82) is 0 Å². The highest BCUT2D eigenvalue weighted by Crippen LogP contribution is 2.23. The van der Waals surface area contributed by atoms with Gasteiger partial charge in [0.2, 0.25) is 15.9 Å². The fourth-order valence-corrected chi connectivity index (χ4v) is 4.73. The van der Waals surface area contributed by atoms with E-state index in [0.717, 1.165) is 21.2 Å². The quantitative estimate of drug-likeness (QED) is 0.468. The zero-order chi connectivity index (χ0) is 23.5. The Balaban J connectivity index is 1.73. The van der Waals surface area contributed by atoms with Crippen molar-refractivity contribution in [3.8, 4) is 0 Å². The molecule has 3 aromatic rings. The first kappa shape index (κ1) is 23.8. The van der Waals surface area contributed by atoms with Crippen molar-refractivity contribution < 1.29 is 22.7 Å². The Morgan fingerprint density at radius 3 is 2.62 bits per heavy atom. The minimum absolute atomic E-state index is 0.153. The lowest BCUT2D eigenvalue weighted by Crippen LogP contribution is -2.22. The van der Waals surface area contributed by atoms with E-state index < -0.39 is 16.0 Å². The van der Waals surface area contributed by atoms with Gasteiger partial charge in [0.25, 0.3) is 0 Å². The summed E-state index contributed by atoms with van der Waals surface area (Å²) in [6.45, 7) is 4.54. The van der Waals surface area contributed by atoms with Gasteiger partial charge in [-0.05, 0) is 32.0 Å². The number of aromatic nitrogens is 3. The molecule has 32 heavy (non-hydrogen) atoms. The predicted molar refractivity (Wildman–Crippen MR) is 121 cm³/mol. The summed E-state index contributed by atoms with van der Waals surface area (Å²) in [5.74, 6) is -0.111. The first-order valence-corrected chi connectivity index (χ1v) is 12.3. The highest BCUT2D eigenvalue weighted by molar-refractivity contribution is 7.89. The Morgan fingerprint density at radius 1 is 1.22 bits per heavy atom. The molecule has 12 heteroatoms. The first-order chi connectivity index (χ1) is 15.2. The summed E-state index contributed by atoms with van der Waals surface area (Å²) >= 11 is 1.15. The molecule has 172 valence electrons. The summed E-state index contributed by atoms with van der Waals surface area (Å²) in [4.78, 5) is 32.9. The zero-order valence-corrected chi connectivity index (χ0v) is 19.9. The number of nitrogens with one attached hydrogen (secondary N) is 1. The number of imidazole rings is 1. The van der Waals surface area contributed by atoms with Crippen LogP contribution in [0.1, 0.15) is 36.6 Å². The third-order valence-electron chi connectivity index (χ3n) is 4.70. The monoisotopic (exact) mass is 479 g/mol. The van der Waals surface area contributed by atoms with Crippen LogP contribution in [0, 0.1) is 0 Å². The number of benzene rings is 1. The van der Waals surface area contributed by atoms with Crippen molar-refractivity contribution in [2.24, 2.45) is 0 Å². The van der Waals surface area contributed by atoms with Gasteiger partial charge in [-0.15, -0.1) is 11.3 Å². The summed E-state index contributed by atoms with van der Waals surface area (Å²) in [6, 6.07) is 4.84. The Bertz CT molecular complexity index is 1250. The molecular formula is C20H25N5O5S2. The molecule has 2 heterocycles. The summed E-state index contributed by atoms with van der Waals surface area (Å²) in [5.41, 5.74) is 1.52. The average Bonchev–Trinajstić information content (AvgIpc) is 3.35. The molecule has 10 nitrogen and oxygen atoms in total. The number of sulfonamides is 1. The van der Waals surface area contributed by atoms with Gasteiger partial charge >= 0.3 is 5.97 Å². The van der Waals surface area contributed by atoms with Crippen LogP contribution < -0.4 is 5.32 Å². The first-order valence-electron chi connectivity index (χ1n) is 10.0. The molecule has 0 aliphatic heterocycles. The second-order valence-corrected chi connectivity index (χ2v) is 10.0. The Labute approximate surface area is 190 Å². The van der Waals surface area contributed by atoms with Crippen molar-refractivity contribution in [2.75, 3.05) is 26.0 Å². The topological polar surface area (TPSA) is 123 Å². The Hall–Kier alpha value is -2.83. The largest absolute Gasteiger partial charge is 0.461 e. The van der Waals surface area contributed by atoms with E-state index in [4.69, 9.17) is 4.74 Å². The van der Waals surface area contributed by atoms with Crippen LogP contribution in [0.25, 0.3) is 11.0 Å². The van der Waals surface area contributed by atoms with E-state index in [0.29, 0.717) is 29.4 Å². The highest BCUT2D eigenvalue weighted by Gasteiger charge is 2.20. The second-order valence-electron chi connectivity index (χ2n) is 7.02. The number of carbonyl (C=O) groups is 2. The van der Waals surface area contributed by atoms with E-state index in [1.54, 1.807) is 25.1 Å². The van der Waals surface area contributed by atoms with Crippen molar-refractivity contribution in [3.63, 3.8) is 0 Å². The van der Waals surface area contributed by atoms with Crippen molar-refractivity contribution in [2.45, 2.75) is 38.1 Å². The molecule has 0 fully saturated rings. The van der Waals surface area contributed by atoms with E-state index in [1.807, 2.05) is 11.5 Å². The standard InChI is InChI=1S/C20H25N5O5S2/c1-5-25-16-8-7-13(32(28,29)24(3)4)11-14(16)21-17(25)9-10-18(26)23-20-22-15(12-31-20)19(27)30-6-2/h7-8,11-12H,5-6,9-10H2,1-4H3,(H,22,23,26). The lowest BCUT2D eigenvalue weighted by molar-refractivity contribution is -0.116. The van der Waals surface area contributed by atoms with Gasteiger partial charge in [0.1, 0.15) is 5.82 Å². The SMILES string of the molecule is CCOC(=O)c1csc(NC(=O)CCc2nc3cc(S(=O)(=O)N(C)C)ccc3n2CC)n1. The van der Waals surface area contributed by atoms with Crippen LogP contribution in [0.15, 0.2) is 28.5 Å². The number of hydrogen-bond acceptors (Lipinski definition) is 8. The second kappa shape index (κ2) is 9.76. The fourth-order valence-electron chi connectivity index (χ4n) is 3.11. The van der Waals surface area contributed by atoms with Crippen LogP contribution >= 0.6 is 11.3 Å². The maximum absolute atomic E-state index is 12.4. The van der Waals surface area contributed by atoms with Crippen molar-refractivity contribution >= 4 is 49.4 Å². The molecule has 2 aromatic heterocycles. The van der Waals surface area contributed by atoms with Gasteiger partial charge in [0.15, 0.2) is 10.8 Å². The van der Waals surface area contributed by atoms with Gasteiger partial charge < -0.3 is 14.6 Å². The molecule has 0 unspecified atom stereocenters. The smallest absolute Gasteiger partial charge is 0.357 e. The van der Waals surface area contributed by atoms with Gasteiger partial charge in [-0.2, -0.15) is 0 Å². The Kier molecular flexibility index (Phi) is 7.26. The molecule has 0 aliphatic rings. The summed E-state index contributed by atoms with van der Waals surface area (Å²) < 4.78 is 32.8. The van der Waals surface area contributed by atoms with Gasteiger partial charge in [0, 0.05) is 38.9 Å². The number of rotatable bonds is 9. The summed E-state index contributed by atoms with van der Waals surface area (Å²) in [5, 5.41) is 4.53. The third-order valence-corrected chi connectivity index (χ3v) is 7.27. The maximum Gasteiger partial charge on any atom is 0.357 e.